The number of aromatic hydroxyl groups is 1. The van der Waals surface area contributed by atoms with E-state index < -0.39 is 0 Å². The van der Waals surface area contributed by atoms with Gasteiger partial charge in [0.1, 0.15) is 17.3 Å². The van der Waals surface area contributed by atoms with E-state index in [1.807, 2.05) is 18.2 Å². The summed E-state index contributed by atoms with van der Waals surface area (Å²) in [5.41, 5.74) is 1.53. The normalized spacial score (nSPS) is 14.4. The lowest BCUT2D eigenvalue weighted by Gasteiger charge is -2.36. The summed E-state index contributed by atoms with van der Waals surface area (Å²) in [6.07, 6.45) is 2.29. The number of rotatable bonds is 8. The average Bonchev–Trinajstić information content (AvgIpc) is 2.77. The average molecular weight is 414 g/mol. The molecule has 2 aromatic rings. The Hall–Kier alpha value is -3.00. The fourth-order valence-corrected chi connectivity index (χ4v) is 3.61. The van der Waals surface area contributed by atoms with Gasteiger partial charge >= 0.3 is 0 Å². The number of methoxy groups -OCH3 is 1. The van der Waals surface area contributed by atoms with Gasteiger partial charge in [0.15, 0.2) is 0 Å². The van der Waals surface area contributed by atoms with Crippen molar-refractivity contribution in [1.82, 2.24) is 14.8 Å². The van der Waals surface area contributed by atoms with Crippen LogP contribution in [0.5, 0.6) is 11.5 Å². The first-order valence-electron chi connectivity index (χ1n) is 10.2. The van der Waals surface area contributed by atoms with Gasteiger partial charge in [0.2, 0.25) is 0 Å². The highest BCUT2D eigenvalue weighted by molar-refractivity contribution is 5.98. The third kappa shape index (κ3) is 5.33. The molecule has 30 heavy (non-hydrogen) atoms. The van der Waals surface area contributed by atoms with E-state index in [0.717, 1.165) is 50.6 Å². The number of nitrogens with one attached hydrogen (secondary N) is 1. The van der Waals surface area contributed by atoms with Gasteiger partial charge in [-0.05, 0) is 31.2 Å². The van der Waals surface area contributed by atoms with Gasteiger partial charge in [0, 0.05) is 46.8 Å². The monoisotopic (exact) mass is 413 g/mol. The Morgan fingerprint density at radius 1 is 1.23 bits per heavy atom. The van der Waals surface area contributed by atoms with Gasteiger partial charge in [-0.25, -0.2) is 4.98 Å². The minimum absolute atomic E-state index is 0.0151. The van der Waals surface area contributed by atoms with E-state index >= 15 is 0 Å². The number of aromatic nitrogens is 1. The molecule has 0 radical (unpaired) electrons. The van der Waals surface area contributed by atoms with Gasteiger partial charge in [-0.2, -0.15) is 0 Å². The topological polar surface area (TPSA) is 81.2 Å². The molecule has 8 heteroatoms. The Labute approximate surface area is 178 Å². The maximum atomic E-state index is 12.3. The lowest BCUT2D eigenvalue weighted by Crippen LogP contribution is -2.47. The number of hydrogen-bond donors (Lipinski definition) is 2. The Morgan fingerprint density at radius 2 is 1.97 bits per heavy atom. The minimum Gasteiger partial charge on any atom is -0.506 e. The standard InChI is InChI=1S/C22H31N5O3/c1-25(2)22(29)18-15-17(28)16-24-21(18)23-9-6-10-26-11-13-27(14-12-26)19-7-4-5-8-20(19)30-3/h4-5,7-8,15-16,28H,6,9-14H2,1-3H3,(H,23,24). The maximum Gasteiger partial charge on any atom is 0.257 e. The second kappa shape index (κ2) is 10.2. The first-order chi connectivity index (χ1) is 14.5. The molecule has 3 rings (SSSR count). The SMILES string of the molecule is COc1ccccc1N1CCN(CCCNc2ncc(O)cc2C(=O)N(C)C)CC1. The van der Waals surface area contributed by atoms with Crippen molar-refractivity contribution in [3.8, 4) is 11.5 Å². The molecule has 1 aromatic heterocycles. The number of benzene rings is 1. The number of hydrogen-bond acceptors (Lipinski definition) is 7. The van der Waals surface area contributed by atoms with E-state index in [-0.39, 0.29) is 11.7 Å². The van der Waals surface area contributed by atoms with Crippen molar-refractivity contribution < 1.29 is 14.6 Å². The van der Waals surface area contributed by atoms with Crippen molar-refractivity contribution in [2.24, 2.45) is 0 Å². The van der Waals surface area contributed by atoms with Crippen LogP contribution in [-0.2, 0) is 0 Å². The fourth-order valence-electron chi connectivity index (χ4n) is 3.61. The molecule has 0 saturated carbocycles. The van der Waals surface area contributed by atoms with E-state index in [1.165, 1.54) is 17.2 Å². The largest absolute Gasteiger partial charge is 0.506 e. The predicted octanol–water partition coefficient (Wildman–Crippen LogP) is 2.12. The lowest BCUT2D eigenvalue weighted by molar-refractivity contribution is 0.0827. The number of anilines is 2. The summed E-state index contributed by atoms with van der Waals surface area (Å²) in [5.74, 6) is 1.22. The van der Waals surface area contributed by atoms with Gasteiger partial charge in [0.25, 0.3) is 5.91 Å². The van der Waals surface area contributed by atoms with Gasteiger partial charge in [-0.3, -0.25) is 9.69 Å². The molecule has 1 fully saturated rings. The zero-order valence-electron chi connectivity index (χ0n) is 18.0. The van der Waals surface area contributed by atoms with E-state index in [4.69, 9.17) is 4.74 Å². The first-order valence-corrected chi connectivity index (χ1v) is 10.2. The smallest absolute Gasteiger partial charge is 0.257 e. The number of carbonyl (C=O) groups excluding carboxylic acids is 1. The Bertz CT molecular complexity index is 850. The molecule has 1 aromatic carbocycles. The van der Waals surface area contributed by atoms with Crippen molar-refractivity contribution >= 4 is 17.4 Å². The molecule has 0 spiro atoms. The highest BCUT2D eigenvalue weighted by Crippen LogP contribution is 2.28. The highest BCUT2D eigenvalue weighted by Gasteiger charge is 2.19. The zero-order valence-corrected chi connectivity index (χ0v) is 18.0. The molecule has 0 unspecified atom stereocenters. The van der Waals surface area contributed by atoms with Crippen LogP contribution < -0.4 is 15.0 Å². The molecule has 1 aliphatic heterocycles. The fraction of sp³-hybridized carbons (Fsp3) is 0.455. The third-order valence-electron chi connectivity index (χ3n) is 5.25. The number of amides is 1. The van der Waals surface area contributed by atoms with Gasteiger partial charge < -0.3 is 25.0 Å². The van der Waals surface area contributed by atoms with E-state index in [9.17, 15) is 9.90 Å². The van der Waals surface area contributed by atoms with E-state index in [1.54, 1.807) is 21.2 Å². The Morgan fingerprint density at radius 3 is 2.67 bits per heavy atom. The second-order valence-electron chi connectivity index (χ2n) is 7.57. The lowest BCUT2D eigenvalue weighted by atomic mass is 10.2. The second-order valence-corrected chi connectivity index (χ2v) is 7.57. The zero-order chi connectivity index (χ0) is 21.5. The van der Waals surface area contributed by atoms with Crippen LogP contribution in [-0.4, -0.2) is 86.3 Å². The maximum absolute atomic E-state index is 12.3. The van der Waals surface area contributed by atoms with Crippen LogP contribution in [0.3, 0.4) is 0 Å². The number of carbonyl (C=O) groups is 1. The van der Waals surface area contributed by atoms with Crippen LogP contribution in [0.15, 0.2) is 36.5 Å². The number of piperazine rings is 1. The van der Waals surface area contributed by atoms with E-state index in [2.05, 4.69) is 26.2 Å². The van der Waals surface area contributed by atoms with Crippen molar-refractivity contribution in [2.45, 2.75) is 6.42 Å². The quantitative estimate of drug-likeness (QED) is 0.642. The number of pyridine rings is 1. The van der Waals surface area contributed by atoms with E-state index in [0.29, 0.717) is 17.9 Å². The predicted molar refractivity (Wildman–Crippen MR) is 119 cm³/mol. The van der Waals surface area contributed by atoms with Crippen molar-refractivity contribution in [3.63, 3.8) is 0 Å². The molecule has 0 bridgehead atoms. The summed E-state index contributed by atoms with van der Waals surface area (Å²) in [6.45, 7) is 5.61. The molecular weight excluding hydrogens is 382 g/mol. The Balaban J connectivity index is 1.46. The molecule has 2 heterocycles. The van der Waals surface area contributed by atoms with Crippen molar-refractivity contribution in [2.75, 3.05) is 70.7 Å². The van der Waals surface area contributed by atoms with Crippen LogP contribution in [0.2, 0.25) is 0 Å². The molecule has 0 aliphatic carbocycles. The van der Waals surface area contributed by atoms with Crippen molar-refractivity contribution in [3.05, 3.63) is 42.1 Å². The summed E-state index contributed by atoms with van der Waals surface area (Å²) in [6, 6.07) is 9.60. The molecule has 2 N–H and O–H groups in total. The molecule has 1 amide bonds. The molecule has 8 nitrogen and oxygen atoms in total. The molecule has 162 valence electrons. The Kier molecular flexibility index (Phi) is 7.35. The van der Waals surface area contributed by atoms with Crippen molar-refractivity contribution in [1.29, 1.82) is 0 Å². The molecule has 0 atom stereocenters. The summed E-state index contributed by atoms with van der Waals surface area (Å²) >= 11 is 0. The van der Waals surface area contributed by atoms with Gasteiger partial charge in [0.05, 0.1) is 24.6 Å². The number of nitrogens with zero attached hydrogens (tertiary/aromatic N) is 4. The highest BCUT2D eigenvalue weighted by atomic mass is 16.5. The molecular formula is C22H31N5O3. The van der Waals surface area contributed by atoms with Crippen LogP contribution in [0.1, 0.15) is 16.8 Å². The molecule has 1 saturated heterocycles. The summed E-state index contributed by atoms with van der Waals surface area (Å²) in [7, 11) is 5.07. The first kappa shape index (κ1) is 21.7. The number of para-hydroxylation sites is 2. The van der Waals surface area contributed by atoms with Crippen LogP contribution >= 0.6 is 0 Å². The van der Waals surface area contributed by atoms with Crippen LogP contribution in [0.4, 0.5) is 11.5 Å². The third-order valence-corrected chi connectivity index (χ3v) is 5.25. The van der Waals surface area contributed by atoms with Crippen LogP contribution in [0.25, 0.3) is 0 Å². The summed E-state index contributed by atoms with van der Waals surface area (Å²) < 4.78 is 5.48. The minimum atomic E-state index is -0.187. The van der Waals surface area contributed by atoms with Crippen LogP contribution in [0, 0.1) is 0 Å². The van der Waals surface area contributed by atoms with Gasteiger partial charge in [-0.1, -0.05) is 12.1 Å². The summed E-state index contributed by atoms with van der Waals surface area (Å²) in [4.78, 5) is 22.8. The van der Waals surface area contributed by atoms with Gasteiger partial charge in [-0.15, -0.1) is 0 Å². The number of ether oxygens (including phenoxy) is 1. The molecule has 1 aliphatic rings. The summed E-state index contributed by atoms with van der Waals surface area (Å²) in [5, 5.41) is 12.9.